The van der Waals surface area contributed by atoms with Gasteiger partial charge in [-0.3, -0.25) is 4.79 Å². The molecule has 1 N–H and O–H groups in total. The molecule has 0 bridgehead atoms. The minimum Gasteiger partial charge on any atom is -0.469 e. The fourth-order valence-electron chi connectivity index (χ4n) is 1.56. The van der Waals surface area contributed by atoms with E-state index in [9.17, 15) is 4.79 Å². The van der Waals surface area contributed by atoms with Crippen LogP contribution in [-0.2, 0) is 9.53 Å². The maximum Gasteiger partial charge on any atom is 0.307 e. The number of thioether (sulfide) groups is 1. The zero-order valence-electron chi connectivity index (χ0n) is 8.53. The molecule has 0 fully saturated rings. The number of ether oxygens (including phenoxy) is 1. The van der Waals surface area contributed by atoms with Gasteiger partial charge in [-0.25, -0.2) is 0 Å². The minimum absolute atomic E-state index is 0.160. The summed E-state index contributed by atoms with van der Waals surface area (Å²) < 4.78 is 4.65. The summed E-state index contributed by atoms with van der Waals surface area (Å²) in [5.41, 5.74) is 1.11. The number of para-hydroxylation sites is 1. The fraction of sp³-hybridized carbons (Fsp3) is 0.364. The Balaban J connectivity index is 2.02. The Morgan fingerprint density at radius 2 is 2.40 bits per heavy atom. The van der Waals surface area contributed by atoms with Crippen molar-refractivity contribution in [1.82, 2.24) is 0 Å². The lowest BCUT2D eigenvalue weighted by atomic mass is 10.2. The van der Waals surface area contributed by atoms with E-state index < -0.39 is 0 Å². The Morgan fingerprint density at radius 1 is 1.60 bits per heavy atom. The molecule has 1 aromatic rings. The molecule has 2 rings (SSSR count). The van der Waals surface area contributed by atoms with Gasteiger partial charge in [0.1, 0.15) is 0 Å². The molecule has 1 unspecified atom stereocenters. The highest BCUT2D eigenvalue weighted by Crippen LogP contribution is 2.33. The molecule has 0 aromatic heterocycles. The van der Waals surface area contributed by atoms with Crippen LogP contribution in [0.2, 0.25) is 0 Å². The lowest BCUT2D eigenvalue weighted by Gasteiger charge is -2.25. The number of fused-ring (bicyclic) bond motifs is 1. The summed E-state index contributed by atoms with van der Waals surface area (Å²) >= 11 is 1.78. The van der Waals surface area contributed by atoms with Crippen LogP contribution < -0.4 is 5.32 Å². The van der Waals surface area contributed by atoms with Crippen molar-refractivity contribution in [3.05, 3.63) is 24.3 Å². The van der Waals surface area contributed by atoms with Gasteiger partial charge in [0.05, 0.1) is 13.5 Å². The lowest BCUT2D eigenvalue weighted by molar-refractivity contribution is -0.140. The first-order valence-corrected chi connectivity index (χ1v) is 5.83. The second-order valence-electron chi connectivity index (χ2n) is 3.43. The molecule has 4 heteroatoms. The number of benzene rings is 1. The van der Waals surface area contributed by atoms with Crippen LogP contribution >= 0.6 is 11.8 Å². The Labute approximate surface area is 93.2 Å². The molecule has 15 heavy (non-hydrogen) atoms. The lowest BCUT2D eigenvalue weighted by Crippen LogP contribution is -2.29. The second kappa shape index (κ2) is 4.57. The number of methoxy groups -OCH3 is 1. The highest BCUT2D eigenvalue weighted by Gasteiger charge is 2.20. The predicted octanol–water partition coefficient (Wildman–Crippen LogP) is 2.14. The Kier molecular flexibility index (Phi) is 3.16. The highest BCUT2D eigenvalue weighted by molar-refractivity contribution is 7.99. The van der Waals surface area contributed by atoms with E-state index in [1.165, 1.54) is 12.0 Å². The Hall–Kier alpha value is -1.16. The summed E-state index contributed by atoms with van der Waals surface area (Å²) in [4.78, 5) is 12.4. The van der Waals surface area contributed by atoms with Crippen LogP contribution in [0, 0.1) is 0 Å². The summed E-state index contributed by atoms with van der Waals surface area (Å²) in [6.45, 7) is 0. The topological polar surface area (TPSA) is 38.3 Å². The van der Waals surface area contributed by atoms with Crippen LogP contribution in [-0.4, -0.2) is 24.9 Å². The SMILES string of the molecule is COC(=O)CC1CSc2ccccc2N1. The quantitative estimate of drug-likeness (QED) is 0.780. The maximum absolute atomic E-state index is 11.1. The third-order valence-electron chi connectivity index (χ3n) is 2.33. The first kappa shape index (κ1) is 10.4. The molecule has 0 saturated heterocycles. The van der Waals surface area contributed by atoms with E-state index in [0.717, 1.165) is 11.4 Å². The number of hydrogen-bond acceptors (Lipinski definition) is 4. The van der Waals surface area contributed by atoms with E-state index >= 15 is 0 Å². The number of carbonyl (C=O) groups excluding carboxylic acids is 1. The molecule has 3 nitrogen and oxygen atoms in total. The van der Waals surface area contributed by atoms with Crippen LogP contribution in [0.5, 0.6) is 0 Å². The van der Waals surface area contributed by atoms with Gasteiger partial charge in [0.25, 0.3) is 0 Å². The molecule has 0 radical (unpaired) electrons. The molecule has 0 spiro atoms. The van der Waals surface area contributed by atoms with E-state index in [0.29, 0.717) is 6.42 Å². The van der Waals surface area contributed by atoms with Crippen molar-refractivity contribution in [1.29, 1.82) is 0 Å². The smallest absolute Gasteiger partial charge is 0.307 e. The molecular weight excluding hydrogens is 210 g/mol. The van der Waals surface area contributed by atoms with Crippen molar-refractivity contribution < 1.29 is 9.53 Å². The van der Waals surface area contributed by atoms with Crippen LogP contribution in [0.15, 0.2) is 29.2 Å². The van der Waals surface area contributed by atoms with Crippen molar-refractivity contribution in [3.63, 3.8) is 0 Å². The summed E-state index contributed by atoms with van der Waals surface area (Å²) in [7, 11) is 1.42. The van der Waals surface area contributed by atoms with E-state index in [1.807, 2.05) is 18.2 Å². The van der Waals surface area contributed by atoms with Crippen LogP contribution in [0.1, 0.15) is 6.42 Å². The molecule has 0 saturated carbocycles. The average Bonchev–Trinajstić information content (AvgIpc) is 2.29. The van der Waals surface area contributed by atoms with Crippen LogP contribution in [0.3, 0.4) is 0 Å². The average molecular weight is 223 g/mol. The molecule has 1 heterocycles. The van der Waals surface area contributed by atoms with Gasteiger partial charge in [-0.05, 0) is 12.1 Å². The molecular formula is C11H13NO2S. The number of rotatable bonds is 2. The molecule has 0 amide bonds. The summed E-state index contributed by atoms with van der Waals surface area (Å²) in [6, 6.07) is 8.31. The third kappa shape index (κ3) is 2.45. The molecule has 0 aliphatic carbocycles. The van der Waals surface area contributed by atoms with Gasteiger partial charge in [-0.15, -0.1) is 11.8 Å². The standard InChI is InChI=1S/C11H13NO2S/c1-14-11(13)6-8-7-15-10-5-3-2-4-9(10)12-8/h2-5,8,12H,6-7H2,1H3. The van der Waals surface area contributed by atoms with E-state index in [4.69, 9.17) is 0 Å². The van der Waals surface area contributed by atoms with E-state index in [1.54, 1.807) is 11.8 Å². The molecule has 1 aliphatic heterocycles. The van der Waals surface area contributed by atoms with Gasteiger partial charge in [-0.1, -0.05) is 12.1 Å². The van der Waals surface area contributed by atoms with Gasteiger partial charge in [0.2, 0.25) is 0 Å². The number of anilines is 1. The monoisotopic (exact) mass is 223 g/mol. The molecule has 1 aliphatic rings. The van der Waals surface area contributed by atoms with E-state index in [2.05, 4.69) is 16.1 Å². The van der Waals surface area contributed by atoms with Crippen molar-refractivity contribution in [2.45, 2.75) is 17.4 Å². The summed E-state index contributed by atoms with van der Waals surface area (Å²) in [5, 5.41) is 3.34. The predicted molar refractivity (Wildman–Crippen MR) is 61.2 cm³/mol. The van der Waals surface area contributed by atoms with Crippen LogP contribution in [0.4, 0.5) is 5.69 Å². The largest absolute Gasteiger partial charge is 0.469 e. The van der Waals surface area contributed by atoms with Gasteiger partial charge in [0, 0.05) is 22.4 Å². The van der Waals surface area contributed by atoms with Gasteiger partial charge >= 0.3 is 5.97 Å². The second-order valence-corrected chi connectivity index (χ2v) is 4.49. The zero-order valence-corrected chi connectivity index (χ0v) is 9.34. The molecule has 1 atom stereocenters. The molecule has 80 valence electrons. The van der Waals surface area contributed by atoms with Crippen molar-refractivity contribution in [2.24, 2.45) is 0 Å². The van der Waals surface area contributed by atoms with Crippen LogP contribution in [0.25, 0.3) is 0 Å². The first-order chi connectivity index (χ1) is 7.29. The van der Waals surface area contributed by atoms with E-state index in [-0.39, 0.29) is 12.0 Å². The van der Waals surface area contributed by atoms with Crippen molar-refractivity contribution >= 4 is 23.4 Å². The Morgan fingerprint density at radius 3 is 3.20 bits per heavy atom. The zero-order chi connectivity index (χ0) is 10.7. The first-order valence-electron chi connectivity index (χ1n) is 4.85. The third-order valence-corrected chi connectivity index (χ3v) is 3.56. The van der Waals surface area contributed by atoms with Crippen molar-refractivity contribution in [3.8, 4) is 0 Å². The minimum atomic E-state index is -0.160. The number of nitrogens with one attached hydrogen (secondary N) is 1. The van der Waals surface area contributed by atoms with Gasteiger partial charge < -0.3 is 10.1 Å². The van der Waals surface area contributed by atoms with Gasteiger partial charge in [-0.2, -0.15) is 0 Å². The summed E-state index contributed by atoms with van der Waals surface area (Å²) in [6.07, 6.45) is 0.428. The number of esters is 1. The van der Waals surface area contributed by atoms with Gasteiger partial charge in [0.15, 0.2) is 0 Å². The normalized spacial score (nSPS) is 18.9. The molecule has 1 aromatic carbocycles. The Bertz CT molecular complexity index is 367. The maximum atomic E-state index is 11.1. The number of hydrogen-bond donors (Lipinski definition) is 1. The number of carbonyl (C=O) groups is 1. The highest BCUT2D eigenvalue weighted by atomic mass is 32.2. The van der Waals surface area contributed by atoms with Crippen molar-refractivity contribution in [2.75, 3.05) is 18.2 Å². The summed E-state index contributed by atoms with van der Waals surface area (Å²) in [5.74, 6) is 0.749. The fourth-order valence-corrected chi connectivity index (χ4v) is 2.60.